The highest BCUT2D eigenvalue weighted by Crippen LogP contribution is 2.24. The molecule has 1 saturated carbocycles. The number of halogens is 1. The number of rotatable bonds is 9. The number of anilines is 1. The predicted octanol–water partition coefficient (Wildman–Crippen LogP) is 4.25. The number of hydrogen-bond acceptors (Lipinski definition) is 3. The van der Waals surface area contributed by atoms with Crippen LogP contribution in [0.15, 0.2) is 12.3 Å². The van der Waals surface area contributed by atoms with Gasteiger partial charge in [-0.05, 0) is 37.3 Å². The van der Waals surface area contributed by atoms with E-state index in [1.807, 2.05) is 0 Å². The summed E-state index contributed by atoms with van der Waals surface area (Å²) in [6, 6.07) is 2.85. The van der Waals surface area contributed by atoms with E-state index >= 15 is 0 Å². The Bertz CT molecular complexity index is 442. The zero-order valence-corrected chi connectivity index (χ0v) is 14.3. The maximum atomic E-state index is 6.29. The van der Waals surface area contributed by atoms with E-state index in [4.69, 9.17) is 11.6 Å². The van der Waals surface area contributed by atoms with Crippen molar-refractivity contribution < 1.29 is 0 Å². The van der Waals surface area contributed by atoms with E-state index < -0.39 is 0 Å². The molecule has 3 nitrogen and oxygen atoms in total. The Morgan fingerprint density at radius 1 is 1.33 bits per heavy atom. The lowest BCUT2D eigenvalue weighted by molar-refractivity contribution is 0.484. The Morgan fingerprint density at radius 3 is 2.62 bits per heavy atom. The molecule has 1 fully saturated rings. The number of hydrogen-bond donors (Lipinski definition) is 1. The molecule has 0 amide bonds. The van der Waals surface area contributed by atoms with Crippen LogP contribution < -0.4 is 10.2 Å². The molecule has 1 aliphatic rings. The van der Waals surface area contributed by atoms with Crippen molar-refractivity contribution in [3.05, 3.63) is 22.8 Å². The normalized spacial score (nSPS) is 14.7. The first-order valence-electron chi connectivity index (χ1n) is 8.30. The minimum absolute atomic E-state index is 0.699. The predicted molar refractivity (Wildman–Crippen MR) is 91.1 cm³/mol. The molecule has 0 aliphatic heterocycles. The van der Waals surface area contributed by atoms with E-state index in [-0.39, 0.29) is 0 Å². The Hall–Kier alpha value is -0.800. The van der Waals surface area contributed by atoms with Gasteiger partial charge in [0.2, 0.25) is 0 Å². The summed E-state index contributed by atoms with van der Waals surface area (Å²) in [6.45, 7) is 9.64. The molecule has 1 N–H and O–H groups in total. The molecule has 1 aromatic rings. The van der Waals surface area contributed by atoms with Gasteiger partial charge in [0, 0.05) is 31.9 Å². The molecular weight excluding hydrogens is 282 g/mol. The molecule has 0 aromatic carbocycles. The highest BCUT2D eigenvalue weighted by Gasteiger charge is 2.21. The van der Waals surface area contributed by atoms with Gasteiger partial charge < -0.3 is 10.2 Å². The highest BCUT2D eigenvalue weighted by molar-refractivity contribution is 6.31. The first kappa shape index (κ1) is 16.6. The van der Waals surface area contributed by atoms with Crippen molar-refractivity contribution in [2.75, 3.05) is 18.0 Å². The maximum absolute atomic E-state index is 6.29. The van der Waals surface area contributed by atoms with Crippen molar-refractivity contribution in [3.8, 4) is 0 Å². The average Bonchev–Trinajstić information content (AvgIpc) is 3.32. The van der Waals surface area contributed by atoms with Crippen LogP contribution in [0, 0.1) is 5.92 Å². The first-order chi connectivity index (χ1) is 10.2. The summed E-state index contributed by atoms with van der Waals surface area (Å²) in [4.78, 5) is 6.91. The lowest BCUT2D eigenvalue weighted by Crippen LogP contribution is -2.30. The van der Waals surface area contributed by atoms with Crippen LogP contribution in [0.5, 0.6) is 0 Å². The summed E-state index contributed by atoms with van der Waals surface area (Å²) in [5.41, 5.74) is 1.16. The zero-order chi connectivity index (χ0) is 15.2. The molecule has 2 rings (SSSR count). The largest absolute Gasteiger partial charge is 0.357 e. The topological polar surface area (TPSA) is 28.2 Å². The lowest BCUT2D eigenvalue weighted by atomic mass is 10.0. The fraction of sp³-hybridized carbons (Fsp3) is 0.706. The second-order valence-electron chi connectivity index (χ2n) is 6.01. The molecule has 0 bridgehead atoms. The summed E-state index contributed by atoms with van der Waals surface area (Å²) in [7, 11) is 0. The van der Waals surface area contributed by atoms with Crippen LogP contribution in [0.25, 0.3) is 0 Å². The molecule has 0 spiro atoms. The van der Waals surface area contributed by atoms with Crippen LogP contribution in [0.4, 0.5) is 5.82 Å². The standard InChI is InChI=1S/C17H28ClN3/c1-4-13(5-2)12-21(6-3)17-9-14(16(18)11-20-17)10-19-15-7-8-15/h9,11,13,15,19H,4-8,10,12H2,1-3H3. The lowest BCUT2D eigenvalue weighted by Gasteiger charge is -2.27. The Kier molecular flexibility index (Phi) is 6.31. The van der Waals surface area contributed by atoms with Crippen molar-refractivity contribution >= 4 is 17.4 Å². The van der Waals surface area contributed by atoms with Gasteiger partial charge >= 0.3 is 0 Å². The Balaban J connectivity index is 2.06. The summed E-state index contributed by atoms with van der Waals surface area (Å²) in [6.07, 6.45) is 6.83. The molecule has 0 saturated heterocycles. The minimum atomic E-state index is 0.699. The van der Waals surface area contributed by atoms with E-state index in [1.165, 1.54) is 25.7 Å². The molecule has 0 radical (unpaired) electrons. The van der Waals surface area contributed by atoms with Gasteiger partial charge in [-0.3, -0.25) is 0 Å². The Morgan fingerprint density at radius 2 is 2.05 bits per heavy atom. The first-order valence-corrected chi connectivity index (χ1v) is 8.68. The molecule has 1 heterocycles. The van der Waals surface area contributed by atoms with Crippen molar-refractivity contribution in [2.45, 2.75) is 59.0 Å². The summed E-state index contributed by atoms with van der Waals surface area (Å²) >= 11 is 6.29. The SMILES string of the molecule is CCC(CC)CN(CC)c1cc(CNC2CC2)c(Cl)cn1. The van der Waals surface area contributed by atoms with Gasteiger partial charge in [-0.25, -0.2) is 4.98 Å². The van der Waals surface area contributed by atoms with Gasteiger partial charge in [-0.15, -0.1) is 0 Å². The van der Waals surface area contributed by atoms with Gasteiger partial charge in [0.1, 0.15) is 5.82 Å². The third kappa shape index (κ3) is 4.86. The number of nitrogens with one attached hydrogen (secondary N) is 1. The molecule has 1 aromatic heterocycles. The fourth-order valence-corrected chi connectivity index (χ4v) is 2.73. The van der Waals surface area contributed by atoms with Crippen molar-refractivity contribution in [1.82, 2.24) is 10.3 Å². The van der Waals surface area contributed by atoms with Gasteiger partial charge in [-0.1, -0.05) is 38.3 Å². The van der Waals surface area contributed by atoms with E-state index in [0.29, 0.717) is 6.04 Å². The average molecular weight is 310 g/mol. The zero-order valence-electron chi connectivity index (χ0n) is 13.5. The van der Waals surface area contributed by atoms with Gasteiger partial charge in [0.05, 0.1) is 5.02 Å². The van der Waals surface area contributed by atoms with Crippen molar-refractivity contribution in [3.63, 3.8) is 0 Å². The Labute approximate surface area is 134 Å². The van der Waals surface area contributed by atoms with Crippen LogP contribution in [-0.4, -0.2) is 24.1 Å². The summed E-state index contributed by atoms with van der Waals surface area (Å²) in [5.74, 6) is 1.79. The van der Waals surface area contributed by atoms with Crippen LogP contribution >= 0.6 is 11.6 Å². The number of aromatic nitrogens is 1. The van der Waals surface area contributed by atoms with E-state index in [1.54, 1.807) is 6.20 Å². The van der Waals surface area contributed by atoms with E-state index in [0.717, 1.165) is 42.0 Å². The molecule has 0 unspecified atom stereocenters. The molecule has 21 heavy (non-hydrogen) atoms. The summed E-state index contributed by atoms with van der Waals surface area (Å²) in [5, 5.41) is 4.30. The third-order valence-corrected chi connectivity index (χ3v) is 4.76. The van der Waals surface area contributed by atoms with Gasteiger partial charge in [-0.2, -0.15) is 0 Å². The molecular formula is C17H28ClN3. The van der Waals surface area contributed by atoms with Crippen molar-refractivity contribution in [2.24, 2.45) is 5.92 Å². The second-order valence-corrected chi connectivity index (χ2v) is 6.42. The fourth-order valence-electron chi connectivity index (χ4n) is 2.56. The van der Waals surface area contributed by atoms with Crippen molar-refractivity contribution in [1.29, 1.82) is 0 Å². The van der Waals surface area contributed by atoms with Crippen LogP contribution in [0.1, 0.15) is 52.0 Å². The van der Waals surface area contributed by atoms with Crippen LogP contribution in [0.2, 0.25) is 5.02 Å². The monoisotopic (exact) mass is 309 g/mol. The van der Waals surface area contributed by atoms with E-state index in [2.05, 4.69) is 42.0 Å². The summed E-state index contributed by atoms with van der Waals surface area (Å²) < 4.78 is 0. The maximum Gasteiger partial charge on any atom is 0.128 e. The molecule has 0 atom stereocenters. The smallest absolute Gasteiger partial charge is 0.128 e. The molecule has 118 valence electrons. The van der Waals surface area contributed by atoms with E-state index in [9.17, 15) is 0 Å². The number of nitrogens with zero attached hydrogens (tertiary/aromatic N) is 2. The van der Waals surface area contributed by atoms with Gasteiger partial charge in [0.15, 0.2) is 0 Å². The van der Waals surface area contributed by atoms with Crippen LogP contribution in [0.3, 0.4) is 0 Å². The highest BCUT2D eigenvalue weighted by atomic mass is 35.5. The molecule has 4 heteroatoms. The van der Waals surface area contributed by atoms with Crippen LogP contribution in [-0.2, 0) is 6.54 Å². The third-order valence-electron chi connectivity index (χ3n) is 4.42. The second kappa shape index (κ2) is 8.00. The minimum Gasteiger partial charge on any atom is -0.357 e. The molecule has 1 aliphatic carbocycles. The van der Waals surface area contributed by atoms with Gasteiger partial charge in [0.25, 0.3) is 0 Å². The number of pyridine rings is 1. The quantitative estimate of drug-likeness (QED) is 0.739.